The topological polar surface area (TPSA) is 38.9 Å². The number of fused-ring (bicyclic) bond motifs is 7. The summed E-state index contributed by atoms with van der Waals surface area (Å²) in [6.45, 7) is 0. The minimum atomic E-state index is 0.681. The van der Waals surface area contributed by atoms with Gasteiger partial charge in [0.05, 0.1) is 11.4 Å². The van der Waals surface area contributed by atoms with Crippen molar-refractivity contribution in [2.75, 3.05) is 0 Å². The number of para-hydroxylation sites is 1. The molecule has 9 aromatic carbocycles. The largest absolute Gasteiger partial charge is 0.456 e. The highest BCUT2D eigenvalue weighted by Crippen LogP contribution is 2.47. The summed E-state index contributed by atoms with van der Waals surface area (Å²) in [4.78, 5) is 10.8. The fraction of sp³-hybridized carbons (Fsp3) is 0. The third kappa shape index (κ3) is 5.13. The molecule has 256 valence electrons. The van der Waals surface area contributed by atoms with E-state index in [0.717, 1.165) is 66.5 Å². The molecule has 2 heterocycles. The van der Waals surface area contributed by atoms with Crippen molar-refractivity contribution >= 4 is 54.3 Å². The predicted octanol–water partition coefficient (Wildman–Crippen LogP) is 14.2. The quantitative estimate of drug-likeness (QED) is 0.133. The second kappa shape index (κ2) is 12.6. The normalized spacial score (nSPS) is 11.6. The SMILES string of the molecule is c1ccc(-c2nc(-c3ccccc3-c3ccc4c(c3)oc3ccccc34)cc(-c3c4ccccc4c(-c4ccccc4)c4ccc5ccccc5c34)n2)cc1. The van der Waals surface area contributed by atoms with Gasteiger partial charge in [0.25, 0.3) is 0 Å². The molecule has 0 atom stereocenters. The van der Waals surface area contributed by atoms with Gasteiger partial charge in [-0.1, -0.05) is 170 Å². The van der Waals surface area contributed by atoms with Gasteiger partial charge in [0, 0.05) is 32.8 Å². The van der Waals surface area contributed by atoms with Gasteiger partial charge in [-0.25, -0.2) is 9.97 Å². The molecule has 3 nitrogen and oxygen atoms in total. The van der Waals surface area contributed by atoms with Crippen LogP contribution in [0.4, 0.5) is 0 Å². The van der Waals surface area contributed by atoms with Crippen molar-refractivity contribution in [1.29, 1.82) is 0 Å². The van der Waals surface area contributed by atoms with E-state index < -0.39 is 0 Å². The van der Waals surface area contributed by atoms with Crippen molar-refractivity contribution in [3.8, 4) is 56.2 Å². The summed E-state index contributed by atoms with van der Waals surface area (Å²) in [6.07, 6.45) is 0. The first-order valence-electron chi connectivity index (χ1n) is 18.7. The van der Waals surface area contributed by atoms with Crippen LogP contribution in [0.25, 0.3) is 110 Å². The van der Waals surface area contributed by atoms with Gasteiger partial charge in [0.1, 0.15) is 11.2 Å². The molecule has 0 unspecified atom stereocenters. The Hall–Kier alpha value is -7.36. The third-order valence-corrected chi connectivity index (χ3v) is 10.9. The third-order valence-electron chi connectivity index (χ3n) is 10.9. The fourth-order valence-corrected chi connectivity index (χ4v) is 8.41. The maximum absolute atomic E-state index is 6.35. The Labute approximate surface area is 317 Å². The maximum Gasteiger partial charge on any atom is 0.160 e. The predicted molar refractivity (Wildman–Crippen MR) is 229 cm³/mol. The van der Waals surface area contributed by atoms with Gasteiger partial charge in [-0.3, -0.25) is 0 Å². The van der Waals surface area contributed by atoms with Crippen molar-refractivity contribution in [2.45, 2.75) is 0 Å². The van der Waals surface area contributed by atoms with Gasteiger partial charge < -0.3 is 4.42 Å². The lowest BCUT2D eigenvalue weighted by Crippen LogP contribution is -1.99. The highest BCUT2D eigenvalue weighted by atomic mass is 16.3. The Morgan fingerprint density at radius 3 is 1.71 bits per heavy atom. The van der Waals surface area contributed by atoms with Crippen LogP contribution < -0.4 is 0 Å². The van der Waals surface area contributed by atoms with E-state index in [0.29, 0.717) is 5.82 Å². The van der Waals surface area contributed by atoms with E-state index >= 15 is 0 Å². The van der Waals surface area contributed by atoms with Gasteiger partial charge in [0.15, 0.2) is 5.82 Å². The molecule has 0 N–H and O–H groups in total. The summed E-state index contributed by atoms with van der Waals surface area (Å²) in [5.41, 5.74) is 11.1. The molecule has 0 saturated heterocycles. The van der Waals surface area contributed by atoms with Crippen LogP contribution in [0.2, 0.25) is 0 Å². The molecule has 0 spiro atoms. The number of hydrogen-bond donors (Lipinski definition) is 0. The molecule has 0 saturated carbocycles. The summed E-state index contributed by atoms with van der Waals surface area (Å²) < 4.78 is 6.35. The first-order valence-corrected chi connectivity index (χ1v) is 18.7. The number of furan rings is 1. The van der Waals surface area contributed by atoms with Crippen LogP contribution in [0.3, 0.4) is 0 Å². The van der Waals surface area contributed by atoms with Crippen LogP contribution in [0.15, 0.2) is 199 Å². The number of benzene rings is 9. The molecular weight excluding hydrogens is 669 g/mol. The van der Waals surface area contributed by atoms with E-state index in [1.54, 1.807) is 0 Å². The summed E-state index contributed by atoms with van der Waals surface area (Å²) in [5.74, 6) is 0.681. The Morgan fingerprint density at radius 1 is 0.327 bits per heavy atom. The molecule has 0 aliphatic rings. The lowest BCUT2D eigenvalue weighted by atomic mass is 9.85. The molecule has 0 bridgehead atoms. The Balaban J connectivity index is 1.22. The summed E-state index contributed by atoms with van der Waals surface area (Å²) >= 11 is 0. The molecule has 2 aromatic heterocycles. The van der Waals surface area contributed by atoms with Crippen LogP contribution in [0.5, 0.6) is 0 Å². The first kappa shape index (κ1) is 31.2. The molecule has 11 aromatic rings. The van der Waals surface area contributed by atoms with Gasteiger partial charge >= 0.3 is 0 Å². The lowest BCUT2D eigenvalue weighted by molar-refractivity contribution is 0.669. The van der Waals surface area contributed by atoms with E-state index in [4.69, 9.17) is 14.4 Å². The molecule has 0 aliphatic heterocycles. The summed E-state index contributed by atoms with van der Waals surface area (Å²) in [6, 6.07) is 68.6. The second-order valence-corrected chi connectivity index (χ2v) is 14.1. The van der Waals surface area contributed by atoms with Crippen LogP contribution in [-0.4, -0.2) is 9.97 Å². The van der Waals surface area contributed by atoms with Crippen molar-refractivity contribution in [2.24, 2.45) is 0 Å². The molecular formula is C52H32N2O. The minimum Gasteiger partial charge on any atom is -0.456 e. The van der Waals surface area contributed by atoms with Gasteiger partial charge in [-0.2, -0.15) is 0 Å². The van der Waals surface area contributed by atoms with E-state index in [2.05, 4.69) is 176 Å². The molecule has 0 radical (unpaired) electrons. The molecule has 55 heavy (non-hydrogen) atoms. The van der Waals surface area contributed by atoms with Crippen LogP contribution in [-0.2, 0) is 0 Å². The molecule has 11 rings (SSSR count). The van der Waals surface area contributed by atoms with Gasteiger partial charge in [0.2, 0.25) is 0 Å². The number of nitrogens with zero attached hydrogens (tertiary/aromatic N) is 2. The zero-order valence-corrected chi connectivity index (χ0v) is 29.8. The van der Waals surface area contributed by atoms with E-state index in [1.165, 1.54) is 38.1 Å². The van der Waals surface area contributed by atoms with Crippen molar-refractivity contribution in [3.05, 3.63) is 194 Å². The standard InChI is InChI=1S/C52H32N2O/c1-3-16-34(17-4-1)49-42-24-11-12-25-43(42)51(50-38-21-8-7-15-33(38)27-30-44(49)50)46-32-45(53-52(54-46)35-18-5-2-6-19-35)39-22-10-9-20-37(39)36-28-29-41-40-23-13-14-26-47(40)55-48(41)31-36/h1-32H. The Kier molecular flexibility index (Phi) is 7.17. The smallest absolute Gasteiger partial charge is 0.160 e. The average molecular weight is 701 g/mol. The summed E-state index contributed by atoms with van der Waals surface area (Å²) in [7, 11) is 0. The average Bonchev–Trinajstić information content (AvgIpc) is 3.64. The molecule has 3 heteroatoms. The minimum absolute atomic E-state index is 0.681. The van der Waals surface area contributed by atoms with Crippen LogP contribution >= 0.6 is 0 Å². The molecule has 0 aliphatic carbocycles. The van der Waals surface area contributed by atoms with Crippen molar-refractivity contribution in [1.82, 2.24) is 9.97 Å². The molecule has 0 fully saturated rings. The number of aromatic nitrogens is 2. The summed E-state index contributed by atoms with van der Waals surface area (Å²) in [5, 5.41) is 9.33. The van der Waals surface area contributed by atoms with Crippen LogP contribution in [0, 0.1) is 0 Å². The Bertz CT molecular complexity index is 3250. The Morgan fingerprint density at radius 2 is 0.909 bits per heavy atom. The van der Waals surface area contributed by atoms with Gasteiger partial charge in [-0.15, -0.1) is 0 Å². The first-order chi connectivity index (χ1) is 27.3. The number of rotatable bonds is 5. The zero-order chi connectivity index (χ0) is 36.3. The number of hydrogen-bond acceptors (Lipinski definition) is 3. The van der Waals surface area contributed by atoms with E-state index in [9.17, 15) is 0 Å². The van der Waals surface area contributed by atoms with Crippen LogP contribution in [0.1, 0.15) is 0 Å². The highest BCUT2D eigenvalue weighted by molar-refractivity contribution is 6.27. The molecule has 0 amide bonds. The highest BCUT2D eigenvalue weighted by Gasteiger charge is 2.22. The monoisotopic (exact) mass is 700 g/mol. The van der Waals surface area contributed by atoms with Crippen molar-refractivity contribution < 1.29 is 4.42 Å². The lowest BCUT2D eigenvalue weighted by Gasteiger charge is -2.20. The maximum atomic E-state index is 6.35. The van der Waals surface area contributed by atoms with E-state index in [1.807, 2.05) is 18.2 Å². The fourth-order valence-electron chi connectivity index (χ4n) is 8.41. The van der Waals surface area contributed by atoms with Crippen molar-refractivity contribution in [3.63, 3.8) is 0 Å². The zero-order valence-electron chi connectivity index (χ0n) is 29.8. The van der Waals surface area contributed by atoms with E-state index in [-0.39, 0.29) is 0 Å². The van der Waals surface area contributed by atoms with Gasteiger partial charge in [-0.05, 0) is 73.5 Å². The second-order valence-electron chi connectivity index (χ2n) is 14.1.